The Kier molecular flexibility index (Phi) is 2.30. The Hall–Kier alpha value is -1.13. The lowest BCUT2D eigenvalue weighted by atomic mass is 9.83. The van der Waals surface area contributed by atoms with Gasteiger partial charge in [0.15, 0.2) is 0 Å². The summed E-state index contributed by atoms with van der Waals surface area (Å²) in [6.45, 7) is 1.69. The van der Waals surface area contributed by atoms with Crippen LogP contribution >= 0.6 is 0 Å². The van der Waals surface area contributed by atoms with E-state index >= 15 is 0 Å². The number of alkyl halides is 3. The Morgan fingerprint density at radius 3 is 2.59 bits per heavy atom. The van der Waals surface area contributed by atoms with Crippen molar-refractivity contribution in [2.45, 2.75) is 32.3 Å². The molecule has 1 aliphatic rings. The van der Waals surface area contributed by atoms with E-state index in [2.05, 4.69) is 0 Å². The molecule has 1 unspecified atom stereocenters. The molecule has 94 valence electrons. The van der Waals surface area contributed by atoms with Crippen molar-refractivity contribution in [1.29, 1.82) is 0 Å². The molecule has 17 heavy (non-hydrogen) atoms. The summed E-state index contributed by atoms with van der Waals surface area (Å²) in [6, 6.07) is 0.606. The summed E-state index contributed by atoms with van der Waals surface area (Å²) in [5, 5.41) is 0. The number of hydrogen-bond donors (Lipinski definition) is 0. The zero-order valence-corrected chi connectivity index (χ0v) is 8.96. The first-order chi connectivity index (χ1) is 8.54. The van der Waals surface area contributed by atoms with Gasteiger partial charge in [0.1, 0.15) is 17.2 Å². The van der Waals surface area contributed by atoms with Crippen molar-refractivity contribution in [3.63, 3.8) is 0 Å². The summed E-state index contributed by atoms with van der Waals surface area (Å²) in [5.41, 5.74) is -2.68. The van der Waals surface area contributed by atoms with E-state index in [0.29, 0.717) is 6.07 Å². The quantitative estimate of drug-likeness (QED) is 0.609. The average molecular weight is 252 g/mol. The Labute approximate surface area is 98.3 Å². The SMILES string of the molecule is [2H]C1([2H])CC(C)Cc2cc(F)c(C(F)(F)F)c(F)c21. The molecule has 5 heteroatoms. The van der Waals surface area contributed by atoms with Crippen molar-refractivity contribution < 1.29 is 24.7 Å². The van der Waals surface area contributed by atoms with Crippen molar-refractivity contribution in [2.75, 3.05) is 0 Å². The first kappa shape index (κ1) is 9.85. The molecule has 0 amide bonds. The maximum absolute atomic E-state index is 13.9. The van der Waals surface area contributed by atoms with Gasteiger partial charge < -0.3 is 0 Å². The zero-order valence-electron chi connectivity index (χ0n) is 11.0. The third kappa shape index (κ3) is 2.15. The van der Waals surface area contributed by atoms with Crippen LogP contribution in [0.15, 0.2) is 6.07 Å². The number of halogens is 5. The molecular weight excluding hydrogens is 239 g/mol. The molecule has 1 atom stereocenters. The van der Waals surface area contributed by atoms with E-state index < -0.39 is 35.3 Å². The molecule has 0 heterocycles. The van der Waals surface area contributed by atoms with Crippen LogP contribution in [0.2, 0.25) is 0 Å². The lowest BCUT2D eigenvalue weighted by Gasteiger charge is -2.23. The van der Waals surface area contributed by atoms with Crippen LogP contribution in [0, 0.1) is 17.6 Å². The summed E-state index contributed by atoms with van der Waals surface area (Å²) in [4.78, 5) is 0. The van der Waals surface area contributed by atoms with Crippen LogP contribution in [0.5, 0.6) is 0 Å². The molecular formula is C12H11F5. The maximum atomic E-state index is 13.9. The highest BCUT2D eigenvalue weighted by Crippen LogP contribution is 2.38. The second-order valence-corrected chi connectivity index (χ2v) is 4.27. The maximum Gasteiger partial charge on any atom is 0.422 e. The third-order valence-electron chi connectivity index (χ3n) is 2.78. The van der Waals surface area contributed by atoms with Crippen LogP contribution in [0.4, 0.5) is 22.0 Å². The van der Waals surface area contributed by atoms with E-state index in [4.69, 9.17) is 2.74 Å². The van der Waals surface area contributed by atoms with Gasteiger partial charge in [-0.1, -0.05) is 6.92 Å². The Morgan fingerprint density at radius 1 is 1.35 bits per heavy atom. The second-order valence-electron chi connectivity index (χ2n) is 4.27. The number of rotatable bonds is 0. The van der Waals surface area contributed by atoms with Gasteiger partial charge in [0.05, 0.1) is 0 Å². The van der Waals surface area contributed by atoms with Crippen LogP contribution in [0.3, 0.4) is 0 Å². The van der Waals surface area contributed by atoms with Crippen molar-refractivity contribution in [2.24, 2.45) is 5.92 Å². The molecule has 2 rings (SSSR count). The van der Waals surface area contributed by atoms with Gasteiger partial charge in [-0.3, -0.25) is 0 Å². The van der Waals surface area contributed by atoms with E-state index in [1.165, 1.54) is 0 Å². The van der Waals surface area contributed by atoms with Crippen LogP contribution < -0.4 is 0 Å². The largest absolute Gasteiger partial charge is 0.422 e. The van der Waals surface area contributed by atoms with Gasteiger partial charge in [-0.25, -0.2) is 8.78 Å². The Bertz CT molecular complexity index is 522. The smallest absolute Gasteiger partial charge is 0.206 e. The summed E-state index contributed by atoms with van der Waals surface area (Å²) < 4.78 is 80.6. The van der Waals surface area contributed by atoms with E-state index in [0.717, 1.165) is 0 Å². The second kappa shape index (κ2) is 3.96. The number of benzene rings is 1. The van der Waals surface area contributed by atoms with Crippen molar-refractivity contribution in [3.05, 3.63) is 34.4 Å². The highest BCUT2D eigenvalue weighted by Gasteiger charge is 2.39. The fourth-order valence-corrected chi connectivity index (χ4v) is 2.00. The fourth-order valence-electron chi connectivity index (χ4n) is 2.00. The van der Waals surface area contributed by atoms with Gasteiger partial charge in [0.2, 0.25) is 0 Å². The van der Waals surface area contributed by atoms with Gasteiger partial charge in [-0.15, -0.1) is 0 Å². The molecule has 1 aliphatic carbocycles. The Morgan fingerprint density at radius 2 is 2.00 bits per heavy atom. The first-order valence-corrected chi connectivity index (χ1v) is 5.12. The molecule has 0 aliphatic heterocycles. The summed E-state index contributed by atoms with van der Waals surface area (Å²) in [5.74, 6) is -3.69. The minimum atomic E-state index is -5.18. The van der Waals surface area contributed by atoms with Gasteiger partial charge >= 0.3 is 6.18 Å². The lowest BCUT2D eigenvalue weighted by molar-refractivity contribution is -0.142. The van der Waals surface area contributed by atoms with E-state index in [1.54, 1.807) is 6.92 Å². The van der Waals surface area contributed by atoms with Crippen molar-refractivity contribution in [1.82, 2.24) is 0 Å². The molecule has 0 saturated carbocycles. The first-order valence-electron chi connectivity index (χ1n) is 6.12. The molecule has 0 saturated heterocycles. The summed E-state index contributed by atoms with van der Waals surface area (Å²) >= 11 is 0. The summed E-state index contributed by atoms with van der Waals surface area (Å²) in [6.07, 6.45) is -7.31. The molecule has 0 bridgehead atoms. The van der Waals surface area contributed by atoms with E-state index in [1.807, 2.05) is 0 Å². The molecule has 0 radical (unpaired) electrons. The van der Waals surface area contributed by atoms with Gasteiger partial charge in [-0.2, -0.15) is 13.2 Å². The predicted octanol–water partition coefficient (Wildman–Crippen LogP) is 4.11. The van der Waals surface area contributed by atoms with Crippen molar-refractivity contribution in [3.8, 4) is 0 Å². The Balaban J connectivity index is 2.74. The van der Waals surface area contributed by atoms with Gasteiger partial charge in [0, 0.05) is 2.74 Å². The number of hydrogen-bond acceptors (Lipinski definition) is 0. The minimum absolute atomic E-state index is 0.0215. The van der Waals surface area contributed by atoms with Crippen LogP contribution in [0.25, 0.3) is 0 Å². The standard InChI is InChI=1S/C12H11F5/c1-6-2-3-8-7(4-6)5-9(13)10(11(8)14)12(15,16)17/h5-6H,2-4H2,1H3/i3D2. The molecule has 0 fully saturated rings. The van der Waals surface area contributed by atoms with Crippen LogP contribution in [0.1, 0.15) is 32.8 Å². The van der Waals surface area contributed by atoms with Gasteiger partial charge in [-0.05, 0) is 42.3 Å². The molecule has 0 N–H and O–H groups in total. The fraction of sp³-hybridized carbons (Fsp3) is 0.500. The highest BCUT2D eigenvalue weighted by molar-refractivity contribution is 5.38. The molecule has 1 aromatic carbocycles. The molecule has 0 spiro atoms. The van der Waals surface area contributed by atoms with Crippen molar-refractivity contribution >= 4 is 0 Å². The normalized spacial score (nSPS) is 24.9. The van der Waals surface area contributed by atoms with Crippen LogP contribution in [-0.2, 0) is 19.0 Å². The van der Waals surface area contributed by atoms with E-state index in [-0.39, 0.29) is 24.3 Å². The molecule has 0 nitrogen and oxygen atoms in total. The monoisotopic (exact) mass is 252 g/mol. The van der Waals surface area contributed by atoms with E-state index in [9.17, 15) is 22.0 Å². The lowest BCUT2D eigenvalue weighted by Crippen LogP contribution is -2.19. The minimum Gasteiger partial charge on any atom is -0.206 e. The molecule has 0 aromatic heterocycles. The average Bonchev–Trinajstić information content (AvgIpc) is 2.09. The van der Waals surface area contributed by atoms with Crippen LogP contribution in [-0.4, -0.2) is 0 Å². The number of fused-ring (bicyclic) bond motifs is 1. The highest BCUT2D eigenvalue weighted by atomic mass is 19.4. The topological polar surface area (TPSA) is 0 Å². The summed E-state index contributed by atoms with van der Waals surface area (Å²) in [7, 11) is 0. The zero-order chi connectivity index (χ0) is 14.6. The van der Waals surface area contributed by atoms with Gasteiger partial charge in [0.25, 0.3) is 0 Å². The predicted molar refractivity (Wildman–Crippen MR) is 52.5 cm³/mol. The molecule has 1 aromatic rings. The third-order valence-corrected chi connectivity index (χ3v) is 2.78.